The minimum Gasteiger partial charge on any atom is -0.0840 e. The van der Waals surface area contributed by atoms with Crippen molar-refractivity contribution >= 4 is 11.6 Å². The molecule has 0 atom stereocenters. The van der Waals surface area contributed by atoms with E-state index in [2.05, 4.69) is 105 Å². The van der Waals surface area contributed by atoms with Gasteiger partial charge in [-0.2, -0.15) is 0 Å². The molecule has 0 amide bonds. The highest BCUT2D eigenvalue weighted by Crippen LogP contribution is 2.37. The Labute approximate surface area is 217 Å². The van der Waals surface area contributed by atoms with Gasteiger partial charge in [-0.15, -0.1) is 0 Å². The summed E-state index contributed by atoms with van der Waals surface area (Å²) in [6, 6.07) is 33.2. The molecule has 4 aromatic rings. The van der Waals surface area contributed by atoms with E-state index in [4.69, 9.17) is 11.6 Å². The molecule has 0 fully saturated rings. The third kappa shape index (κ3) is 6.65. The number of hydrogen-bond acceptors (Lipinski definition) is 0. The Morgan fingerprint density at radius 3 is 1.86 bits per heavy atom. The summed E-state index contributed by atoms with van der Waals surface area (Å²) in [5.74, 6) is 0. The zero-order chi connectivity index (χ0) is 24.5. The van der Waals surface area contributed by atoms with E-state index in [1.165, 1.54) is 83.0 Å². The van der Waals surface area contributed by atoms with Gasteiger partial charge in [-0.3, -0.25) is 0 Å². The first-order valence-electron chi connectivity index (χ1n) is 13.3. The maximum Gasteiger partial charge on any atom is 0.0444 e. The fourth-order valence-electron chi connectivity index (χ4n) is 4.76. The maximum atomic E-state index is 6.74. The summed E-state index contributed by atoms with van der Waals surface area (Å²) in [7, 11) is 0. The fraction of sp³-hybridized carbons (Fsp3) is 0.294. The van der Waals surface area contributed by atoms with Crippen LogP contribution in [0, 0.1) is 0 Å². The van der Waals surface area contributed by atoms with Crippen LogP contribution >= 0.6 is 11.6 Å². The minimum absolute atomic E-state index is 0.875. The van der Waals surface area contributed by atoms with Gasteiger partial charge in [-0.1, -0.05) is 130 Å². The van der Waals surface area contributed by atoms with Crippen LogP contribution in [0.15, 0.2) is 91.0 Å². The fourth-order valence-corrected chi connectivity index (χ4v) is 5.03. The molecule has 0 nitrogen and oxygen atoms in total. The lowest BCUT2D eigenvalue weighted by Gasteiger charge is -2.15. The Hall–Kier alpha value is -2.83. The van der Waals surface area contributed by atoms with E-state index in [0.717, 1.165) is 17.9 Å². The number of halogens is 1. The Bertz CT molecular complexity index is 1210. The first kappa shape index (κ1) is 25.3. The summed E-state index contributed by atoms with van der Waals surface area (Å²) in [6.07, 6.45) is 9.71. The van der Waals surface area contributed by atoms with Crippen molar-refractivity contribution in [3.8, 4) is 33.4 Å². The lowest BCUT2D eigenvalue weighted by Crippen LogP contribution is -1.91. The summed E-state index contributed by atoms with van der Waals surface area (Å²) in [5, 5.41) is 0.875. The third-order valence-electron chi connectivity index (χ3n) is 6.87. The van der Waals surface area contributed by atoms with Gasteiger partial charge in [-0.25, -0.2) is 0 Å². The van der Waals surface area contributed by atoms with Crippen LogP contribution in [-0.2, 0) is 12.8 Å². The molecule has 4 rings (SSSR count). The van der Waals surface area contributed by atoms with Crippen molar-refractivity contribution in [3.63, 3.8) is 0 Å². The molecule has 0 heterocycles. The lowest BCUT2D eigenvalue weighted by molar-refractivity contribution is 0.717. The molecule has 0 radical (unpaired) electrons. The van der Waals surface area contributed by atoms with Gasteiger partial charge in [0.2, 0.25) is 0 Å². The van der Waals surface area contributed by atoms with Crippen LogP contribution in [0.3, 0.4) is 0 Å². The highest BCUT2D eigenvalue weighted by molar-refractivity contribution is 6.31. The van der Waals surface area contributed by atoms with Crippen LogP contribution in [0.4, 0.5) is 0 Å². The average molecular weight is 481 g/mol. The van der Waals surface area contributed by atoms with Gasteiger partial charge in [0.25, 0.3) is 0 Å². The van der Waals surface area contributed by atoms with Crippen LogP contribution in [0.5, 0.6) is 0 Å². The van der Waals surface area contributed by atoms with Crippen molar-refractivity contribution in [2.75, 3.05) is 0 Å². The number of unbranched alkanes of at least 4 members (excludes halogenated alkanes) is 4. The monoisotopic (exact) mass is 480 g/mol. The molecule has 0 N–H and O–H groups in total. The van der Waals surface area contributed by atoms with Gasteiger partial charge in [0.05, 0.1) is 0 Å². The maximum absolute atomic E-state index is 6.74. The molecule has 180 valence electrons. The van der Waals surface area contributed by atoms with Crippen LogP contribution in [0.25, 0.3) is 33.4 Å². The standard InChI is InChI=1S/C34H37Cl/c1-3-5-8-12-26-16-18-27(19-17-26)30-22-23-32(33(24-30)28-13-10-7-11-14-28)31-21-20-29(34(35)25-31)15-9-6-4-2/h7,10-11,13-14,16-25H,3-6,8-9,12,15H2,1-2H3. The molecule has 0 aromatic heterocycles. The smallest absolute Gasteiger partial charge is 0.0444 e. The Morgan fingerprint density at radius 1 is 0.514 bits per heavy atom. The van der Waals surface area contributed by atoms with Crippen LogP contribution < -0.4 is 0 Å². The van der Waals surface area contributed by atoms with E-state index in [-0.39, 0.29) is 0 Å². The molecular weight excluding hydrogens is 444 g/mol. The van der Waals surface area contributed by atoms with Crippen molar-refractivity contribution < 1.29 is 0 Å². The van der Waals surface area contributed by atoms with E-state index >= 15 is 0 Å². The predicted molar refractivity (Wildman–Crippen MR) is 154 cm³/mol. The molecule has 0 aliphatic heterocycles. The molecule has 0 unspecified atom stereocenters. The van der Waals surface area contributed by atoms with E-state index in [1.807, 2.05) is 0 Å². The van der Waals surface area contributed by atoms with Gasteiger partial charge in [0.1, 0.15) is 0 Å². The molecule has 0 aliphatic rings. The Balaban J connectivity index is 1.67. The van der Waals surface area contributed by atoms with E-state index < -0.39 is 0 Å². The van der Waals surface area contributed by atoms with Crippen LogP contribution in [0.2, 0.25) is 5.02 Å². The second-order valence-corrected chi connectivity index (χ2v) is 9.95. The normalized spacial score (nSPS) is 11.1. The van der Waals surface area contributed by atoms with Crippen molar-refractivity contribution in [3.05, 3.63) is 107 Å². The average Bonchev–Trinajstić information content (AvgIpc) is 2.90. The summed E-state index contributed by atoms with van der Waals surface area (Å²) in [5.41, 5.74) is 10.0. The number of aryl methyl sites for hydroxylation is 2. The van der Waals surface area contributed by atoms with Gasteiger partial charge in [-0.05, 0) is 82.3 Å². The summed E-state index contributed by atoms with van der Waals surface area (Å²) in [4.78, 5) is 0. The molecule has 0 spiro atoms. The molecule has 0 aliphatic carbocycles. The second-order valence-electron chi connectivity index (χ2n) is 9.54. The van der Waals surface area contributed by atoms with E-state index in [9.17, 15) is 0 Å². The number of hydrogen-bond donors (Lipinski definition) is 0. The van der Waals surface area contributed by atoms with Gasteiger partial charge < -0.3 is 0 Å². The SMILES string of the molecule is CCCCCc1ccc(-c2ccc(-c3ccc(CCCCC)c(Cl)c3)c(-c3ccccc3)c2)cc1. The lowest BCUT2D eigenvalue weighted by atomic mass is 9.90. The van der Waals surface area contributed by atoms with Crippen LogP contribution in [0.1, 0.15) is 63.5 Å². The first-order chi connectivity index (χ1) is 17.2. The van der Waals surface area contributed by atoms with Crippen molar-refractivity contribution in [1.82, 2.24) is 0 Å². The second kappa shape index (κ2) is 12.8. The molecule has 35 heavy (non-hydrogen) atoms. The highest BCUT2D eigenvalue weighted by atomic mass is 35.5. The molecular formula is C34H37Cl. The van der Waals surface area contributed by atoms with Crippen LogP contribution in [-0.4, -0.2) is 0 Å². The largest absolute Gasteiger partial charge is 0.0840 e. The molecule has 4 aromatic carbocycles. The van der Waals surface area contributed by atoms with E-state index in [0.29, 0.717) is 0 Å². The van der Waals surface area contributed by atoms with Gasteiger partial charge >= 0.3 is 0 Å². The first-order valence-corrected chi connectivity index (χ1v) is 13.6. The summed E-state index contributed by atoms with van der Waals surface area (Å²) in [6.45, 7) is 4.49. The molecule has 0 bridgehead atoms. The third-order valence-corrected chi connectivity index (χ3v) is 7.23. The molecule has 1 heteroatoms. The van der Waals surface area contributed by atoms with Crippen molar-refractivity contribution in [1.29, 1.82) is 0 Å². The molecule has 0 saturated heterocycles. The van der Waals surface area contributed by atoms with Crippen molar-refractivity contribution in [2.45, 2.75) is 65.2 Å². The summed E-state index contributed by atoms with van der Waals surface area (Å²) < 4.78 is 0. The van der Waals surface area contributed by atoms with Crippen molar-refractivity contribution in [2.24, 2.45) is 0 Å². The Kier molecular flexibility index (Phi) is 9.21. The zero-order valence-electron chi connectivity index (χ0n) is 21.2. The number of benzene rings is 4. The summed E-state index contributed by atoms with van der Waals surface area (Å²) >= 11 is 6.74. The van der Waals surface area contributed by atoms with Gasteiger partial charge in [0, 0.05) is 5.02 Å². The highest BCUT2D eigenvalue weighted by Gasteiger charge is 2.12. The van der Waals surface area contributed by atoms with E-state index in [1.54, 1.807) is 0 Å². The quantitative estimate of drug-likeness (QED) is 0.187. The molecule has 0 saturated carbocycles. The minimum atomic E-state index is 0.875. The Morgan fingerprint density at radius 2 is 1.17 bits per heavy atom. The number of rotatable bonds is 11. The topological polar surface area (TPSA) is 0 Å². The van der Waals surface area contributed by atoms with Gasteiger partial charge in [0.15, 0.2) is 0 Å². The zero-order valence-corrected chi connectivity index (χ0v) is 22.0. The predicted octanol–water partition coefficient (Wildman–Crippen LogP) is 10.8.